The largest absolute Gasteiger partial charge is 0.490 e. The number of likely N-dealkylation sites (N-methyl/N-ethyl adjacent to an activating group) is 1. The van der Waals surface area contributed by atoms with Crippen molar-refractivity contribution in [1.29, 1.82) is 0 Å². The topological polar surface area (TPSA) is 115 Å². The van der Waals surface area contributed by atoms with Gasteiger partial charge in [0.2, 0.25) is 0 Å². The molecule has 3 aromatic rings. The predicted molar refractivity (Wildman–Crippen MR) is 138 cm³/mol. The van der Waals surface area contributed by atoms with Gasteiger partial charge in [0.25, 0.3) is 5.91 Å². The van der Waals surface area contributed by atoms with Crippen molar-refractivity contribution in [1.82, 2.24) is 20.0 Å². The smallest absolute Gasteiger partial charge is 0.409 e. The molecule has 0 spiro atoms. The van der Waals surface area contributed by atoms with Crippen LogP contribution in [0.25, 0.3) is 0 Å². The minimum Gasteiger partial charge on any atom is -0.490 e. The average molecular weight is 538 g/mol. The van der Waals surface area contributed by atoms with Gasteiger partial charge in [0.1, 0.15) is 43.2 Å². The van der Waals surface area contributed by atoms with Crippen molar-refractivity contribution < 1.29 is 33.0 Å². The van der Waals surface area contributed by atoms with Crippen LogP contribution < -0.4 is 19.7 Å². The minimum atomic E-state index is -0.962. The van der Waals surface area contributed by atoms with Gasteiger partial charge in [-0.1, -0.05) is 12.1 Å². The normalized spacial score (nSPS) is 16.5. The van der Waals surface area contributed by atoms with Crippen LogP contribution in [0.2, 0.25) is 0 Å². The summed E-state index contributed by atoms with van der Waals surface area (Å²) in [6.07, 6.45) is 4.09. The number of anilines is 1. The van der Waals surface area contributed by atoms with Gasteiger partial charge in [-0.2, -0.15) is 9.78 Å². The van der Waals surface area contributed by atoms with Crippen LogP contribution in [-0.4, -0.2) is 78.7 Å². The molecule has 0 aliphatic carbocycles. The number of nitrogens with zero attached hydrogens (tertiary/aromatic N) is 4. The number of hydrogen-bond acceptors (Lipinski definition) is 7. The molecule has 1 fully saturated rings. The van der Waals surface area contributed by atoms with Crippen molar-refractivity contribution in [3.8, 4) is 11.5 Å². The van der Waals surface area contributed by atoms with E-state index in [1.165, 1.54) is 29.4 Å². The van der Waals surface area contributed by atoms with Gasteiger partial charge in [0.05, 0.1) is 11.9 Å². The summed E-state index contributed by atoms with van der Waals surface area (Å²) in [6.45, 7) is 1.60. The highest BCUT2D eigenvalue weighted by Crippen LogP contribution is 2.34. The number of ether oxygens (including phenoxy) is 3. The van der Waals surface area contributed by atoms with Gasteiger partial charge in [0, 0.05) is 38.8 Å². The lowest BCUT2D eigenvalue weighted by atomic mass is 10.1. The molecule has 3 heterocycles. The fourth-order valence-electron chi connectivity index (χ4n) is 4.21. The van der Waals surface area contributed by atoms with Crippen LogP contribution in [0.5, 0.6) is 11.5 Å². The number of carbonyl (C=O) groups is 3. The number of rotatable bonds is 7. The van der Waals surface area contributed by atoms with Crippen LogP contribution in [0.15, 0.2) is 54.9 Å². The Morgan fingerprint density at radius 3 is 2.77 bits per heavy atom. The summed E-state index contributed by atoms with van der Waals surface area (Å²) in [5.41, 5.74) is 1.94. The van der Waals surface area contributed by atoms with Crippen LogP contribution >= 0.6 is 0 Å². The van der Waals surface area contributed by atoms with Crippen LogP contribution in [0.3, 0.4) is 0 Å². The SMILES string of the molecule is CN1C(=O)[C@@H](NC(=O)n2cc(Cc3cccc(F)c3)cn2)COc2ccc(OCCOC(=O)N3CCC3)cc21. The Labute approximate surface area is 224 Å². The summed E-state index contributed by atoms with van der Waals surface area (Å²) >= 11 is 0. The maximum absolute atomic E-state index is 13.5. The van der Waals surface area contributed by atoms with E-state index in [2.05, 4.69) is 10.4 Å². The van der Waals surface area contributed by atoms with E-state index in [1.54, 1.807) is 42.3 Å². The molecule has 0 saturated carbocycles. The number of hydrogen-bond donors (Lipinski definition) is 1. The van der Waals surface area contributed by atoms with Crippen molar-refractivity contribution in [2.24, 2.45) is 0 Å². The van der Waals surface area contributed by atoms with Crippen molar-refractivity contribution in [3.63, 3.8) is 0 Å². The van der Waals surface area contributed by atoms with Crippen molar-refractivity contribution in [2.45, 2.75) is 18.9 Å². The average Bonchev–Trinajstić information content (AvgIpc) is 3.32. The van der Waals surface area contributed by atoms with Gasteiger partial charge in [-0.3, -0.25) is 4.79 Å². The van der Waals surface area contributed by atoms with Crippen LogP contribution in [-0.2, 0) is 16.0 Å². The third kappa shape index (κ3) is 6.11. The molecular weight excluding hydrogens is 509 g/mol. The van der Waals surface area contributed by atoms with E-state index < -0.39 is 12.1 Å². The van der Waals surface area contributed by atoms with E-state index in [4.69, 9.17) is 14.2 Å². The Kier molecular flexibility index (Phi) is 7.62. The standard InChI is InChI=1S/C27H28FN5O6/c1-31-23-14-21(37-10-11-38-27(36)32-8-3-9-32)6-7-24(23)39-17-22(25(31)34)30-26(35)33-16-19(15-29-33)12-18-4-2-5-20(28)13-18/h2,4-7,13-16,22H,3,8-12,17H2,1H3,(H,30,35)/t22-/m0/s1. The number of likely N-dealkylation sites (tertiary alicyclic amines) is 1. The second-order valence-corrected chi connectivity index (χ2v) is 9.24. The molecule has 1 N–H and O–H groups in total. The number of fused-ring (bicyclic) bond motifs is 1. The van der Waals surface area contributed by atoms with Gasteiger partial charge in [-0.05, 0) is 41.8 Å². The van der Waals surface area contributed by atoms with E-state index >= 15 is 0 Å². The molecule has 0 bridgehead atoms. The molecule has 2 aliphatic heterocycles. The van der Waals surface area contributed by atoms with Gasteiger partial charge in [-0.15, -0.1) is 0 Å². The first-order valence-corrected chi connectivity index (χ1v) is 12.5. The summed E-state index contributed by atoms with van der Waals surface area (Å²) in [7, 11) is 1.58. The van der Waals surface area contributed by atoms with E-state index in [9.17, 15) is 18.8 Å². The molecular formula is C27H28FN5O6. The monoisotopic (exact) mass is 537 g/mol. The molecule has 12 heteroatoms. The lowest BCUT2D eigenvalue weighted by molar-refractivity contribution is -0.120. The Morgan fingerprint density at radius 2 is 2.00 bits per heavy atom. The molecule has 5 rings (SSSR count). The predicted octanol–water partition coefficient (Wildman–Crippen LogP) is 2.82. The first-order valence-electron chi connectivity index (χ1n) is 12.5. The Balaban J connectivity index is 1.16. The van der Waals surface area contributed by atoms with Crippen molar-refractivity contribution in [2.75, 3.05) is 44.9 Å². The van der Waals surface area contributed by atoms with Crippen LogP contribution in [0.4, 0.5) is 19.7 Å². The summed E-state index contributed by atoms with van der Waals surface area (Å²) in [6, 6.07) is 9.66. The van der Waals surface area contributed by atoms with Crippen LogP contribution in [0.1, 0.15) is 17.5 Å². The number of halogens is 1. The molecule has 1 atom stereocenters. The van der Waals surface area contributed by atoms with Crippen LogP contribution in [0, 0.1) is 5.82 Å². The zero-order valence-corrected chi connectivity index (χ0v) is 21.3. The van der Waals surface area contributed by atoms with E-state index in [0.717, 1.165) is 16.7 Å². The molecule has 0 unspecified atom stereocenters. The number of nitrogens with one attached hydrogen (secondary N) is 1. The number of carbonyl (C=O) groups excluding carboxylic acids is 3. The second kappa shape index (κ2) is 11.4. The van der Waals surface area contributed by atoms with Gasteiger partial charge in [0.15, 0.2) is 0 Å². The lowest BCUT2D eigenvalue weighted by Crippen LogP contribution is -2.50. The lowest BCUT2D eigenvalue weighted by Gasteiger charge is -2.29. The molecule has 39 heavy (non-hydrogen) atoms. The van der Waals surface area contributed by atoms with Crippen molar-refractivity contribution >= 4 is 23.7 Å². The van der Waals surface area contributed by atoms with Gasteiger partial charge < -0.3 is 29.3 Å². The summed E-state index contributed by atoms with van der Waals surface area (Å²) < 4.78 is 31.2. The quantitative estimate of drug-likeness (QED) is 0.461. The third-order valence-corrected chi connectivity index (χ3v) is 6.46. The summed E-state index contributed by atoms with van der Waals surface area (Å²) in [4.78, 5) is 40.8. The Hall–Kier alpha value is -4.61. The van der Waals surface area contributed by atoms with Gasteiger partial charge in [-0.25, -0.2) is 14.0 Å². The second-order valence-electron chi connectivity index (χ2n) is 9.24. The highest BCUT2D eigenvalue weighted by molar-refractivity contribution is 6.00. The molecule has 2 aromatic carbocycles. The Morgan fingerprint density at radius 1 is 1.15 bits per heavy atom. The minimum absolute atomic E-state index is 0.0774. The molecule has 1 aromatic heterocycles. The third-order valence-electron chi connectivity index (χ3n) is 6.46. The van der Waals surface area contributed by atoms with Crippen molar-refractivity contribution in [3.05, 3.63) is 71.8 Å². The first-order chi connectivity index (χ1) is 18.9. The van der Waals surface area contributed by atoms with E-state index in [1.807, 2.05) is 0 Å². The number of aromatic nitrogens is 2. The molecule has 3 amide bonds. The highest BCUT2D eigenvalue weighted by atomic mass is 19.1. The van der Waals surface area contributed by atoms with E-state index in [0.29, 0.717) is 42.3 Å². The molecule has 0 radical (unpaired) electrons. The van der Waals surface area contributed by atoms with E-state index in [-0.39, 0.29) is 37.6 Å². The molecule has 11 nitrogen and oxygen atoms in total. The molecule has 204 valence electrons. The zero-order valence-electron chi connectivity index (χ0n) is 21.3. The first kappa shape index (κ1) is 26.0. The Bertz CT molecular complexity index is 1370. The zero-order chi connectivity index (χ0) is 27.4. The summed E-state index contributed by atoms with van der Waals surface area (Å²) in [5, 5.41) is 6.74. The fourth-order valence-corrected chi connectivity index (χ4v) is 4.21. The highest BCUT2D eigenvalue weighted by Gasteiger charge is 2.31. The number of benzene rings is 2. The fraction of sp³-hybridized carbons (Fsp3) is 0.333. The van der Waals surface area contributed by atoms with Gasteiger partial charge >= 0.3 is 12.1 Å². The molecule has 1 saturated heterocycles. The molecule has 2 aliphatic rings. The summed E-state index contributed by atoms with van der Waals surface area (Å²) in [5.74, 6) is 0.212. The number of amides is 3. The maximum Gasteiger partial charge on any atom is 0.409 e. The maximum atomic E-state index is 13.5.